The summed E-state index contributed by atoms with van der Waals surface area (Å²) in [5.74, 6) is 0. The Morgan fingerprint density at radius 1 is 1.45 bits per heavy atom. The summed E-state index contributed by atoms with van der Waals surface area (Å²) in [5, 5.41) is 6.47. The van der Waals surface area contributed by atoms with Crippen molar-refractivity contribution < 1.29 is 0 Å². The molecule has 2 rings (SSSR count). The molecule has 2 N–H and O–H groups in total. The van der Waals surface area contributed by atoms with Crippen molar-refractivity contribution in [2.45, 2.75) is 16.6 Å². The number of aromatic nitrogens is 3. The molecule has 106 valence electrons. The van der Waals surface area contributed by atoms with Gasteiger partial charge < -0.3 is 5.32 Å². The maximum atomic E-state index is 11.3. The summed E-state index contributed by atoms with van der Waals surface area (Å²) in [6, 6.07) is 5.51. The van der Waals surface area contributed by atoms with Crippen LogP contribution in [0.2, 0.25) is 5.02 Å². The van der Waals surface area contributed by atoms with Gasteiger partial charge in [-0.1, -0.05) is 17.7 Å². The first kappa shape index (κ1) is 14.8. The Balaban J connectivity index is 2.44. The van der Waals surface area contributed by atoms with Gasteiger partial charge in [-0.25, -0.2) is 0 Å². The van der Waals surface area contributed by atoms with Crippen LogP contribution in [0, 0.1) is 0 Å². The second kappa shape index (κ2) is 6.25. The lowest BCUT2D eigenvalue weighted by molar-refractivity contribution is 0.596. The smallest absolute Gasteiger partial charge is 0.316 e. The van der Waals surface area contributed by atoms with Crippen LogP contribution >= 0.6 is 23.4 Å². The molecule has 6 nitrogen and oxygen atoms in total. The highest BCUT2D eigenvalue weighted by atomic mass is 35.5. The lowest BCUT2D eigenvalue weighted by Gasteiger charge is -2.10. The summed E-state index contributed by atoms with van der Waals surface area (Å²) in [6.07, 6.45) is 0. The molecule has 0 radical (unpaired) electrons. The largest absolute Gasteiger partial charge is 0.339 e. The minimum atomic E-state index is -0.803. The summed E-state index contributed by atoms with van der Waals surface area (Å²) >= 11 is 7.27. The number of H-pyrrole nitrogens is 1. The number of benzene rings is 1. The highest BCUT2D eigenvalue weighted by molar-refractivity contribution is 7.99. The number of aryl methyl sites for hydroxylation is 1. The lowest BCUT2D eigenvalue weighted by atomic mass is 10.2. The third-order valence-electron chi connectivity index (χ3n) is 2.55. The molecule has 0 atom stereocenters. The van der Waals surface area contributed by atoms with Crippen LogP contribution < -0.4 is 16.4 Å². The Hall–Kier alpha value is -1.57. The Bertz CT molecular complexity index is 741. The van der Waals surface area contributed by atoms with E-state index in [1.807, 2.05) is 13.1 Å². The van der Waals surface area contributed by atoms with Crippen LogP contribution in [-0.2, 0) is 13.6 Å². The standard InChI is InChI=1S/C12H13ClN4O2S/c1-14-6-7-3-4-8(13)5-9(7)20-12-15-10(18)11(19)16-17(12)2/h3-5,14H,6H2,1-2H3,(H,16,19). The average molecular weight is 313 g/mol. The van der Waals surface area contributed by atoms with Gasteiger partial charge in [0.15, 0.2) is 5.16 Å². The highest BCUT2D eigenvalue weighted by Crippen LogP contribution is 2.30. The van der Waals surface area contributed by atoms with Gasteiger partial charge in [-0.3, -0.25) is 19.4 Å². The van der Waals surface area contributed by atoms with Crippen LogP contribution in [0.4, 0.5) is 0 Å². The molecule has 0 aliphatic carbocycles. The van der Waals surface area contributed by atoms with Crippen LogP contribution in [0.15, 0.2) is 37.8 Å². The van der Waals surface area contributed by atoms with Crippen LogP contribution in [0.5, 0.6) is 0 Å². The van der Waals surface area contributed by atoms with Gasteiger partial charge >= 0.3 is 11.1 Å². The highest BCUT2D eigenvalue weighted by Gasteiger charge is 2.10. The van der Waals surface area contributed by atoms with Gasteiger partial charge in [0, 0.05) is 23.5 Å². The number of rotatable bonds is 4. The molecule has 8 heteroatoms. The van der Waals surface area contributed by atoms with Gasteiger partial charge in [0.25, 0.3) is 0 Å². The van der Waals surface area contributed by atoms with Crippen LogP contribution in [0.1, 0.15) is 5.56 Å². The third-order valence-corrected chi connectivity index (χ3v) is 3.93. The number of nitrogens with zero attached hydrogens (tertiary/aromatic N) is 2. The molecule has 0 saturated carbocycles. The molecule has 0 amide bonds. The summed E-state index contributed by atoms with van der Waals surface area (Å²) < 4.78 is 1.42. The van der Waals surface area contributed by atoms with Crippen molar-refractivity contribution in [1.29, 1.82) is 0 Å². The van der Waals surface area contributed by atoms with Gasteiger partial charge in [0.05, 0.1) is 0 Å². The van der Waals surface area contributed by atoms with E-state index in [1.165, 1.54) is 16.4 Å². The quantitative estimate of drug-likeness (QED) is 0.823. The number of aromatic amines is 1. The fourth-order valence-corrected chi connectivity index (χ4v) is 2.81. The van der Waals surface area contributed by atoms with Crippen molar-refractivity contribution in [2.75, 3.05) is 7.05 Å². The first-order valence-corrected chi connectivity index (χ1v) is 6.99. The molecular weight excluding hydrogens is 300 g/mol. The first-order chi connectivity index (χ1) is 9.51. The summed E-state index contributed by atoms with van der Waals surface area (Å²) in [4.78, 5) is 27.2. The number of nitrogens with one attached hydrogen (secondary N) is 2. The predicted octanol–water partition coefficient (Wildman–Crippen LogP) is 0.993. The predicted molar refractivity (Wildman–Crippen MR) is 78.4 cm³/mol. The molecule has 0 saturated heterocycles. The second-order valence-corrected chi connectivity index (χ2v) is 5.53. The van der Waals surface area contributed by atoms with Crippen molar-refractivity contribution in [3.05, 3.63) is 49.5 Å². The van der Waals surface area contributed by atoms with Gasteiger partial charge in [0.1, 0.15) is 0 Å². The molecule has 1 aromatic heterocycles. The maximum absolute atomic E-state index is 11.3. The van der Waals surface area contributed by atoms with Crippen LogP contribution in [0.3, 0.4) is 0 Å². The first-order valence-electron chi connectivity index (χ1n) is 5.79. The fraction of sp³-hybridized carbons (Fsp3) is 0.250. The van der Waals surface area contributed by atoms with E-state index in [0.717, 1.165) is 10.5 Å². The Morgan fingerprint density at radius 3 is 2.90 bits per heavy atom. The van der Waals surface area contributed by atoms with Crippen molar-refractivity contribution in [1.82, 2.24) is 20.1 Å². The van der Waals surface area contributed by atoms with Gasteiger partial charge in [-0.2, -0.15) is 4.98 Å². The van der Waals surface area contributed by atoms with E-state index in [4.69, 9.17) is 11.6 Å². The number of hydrogen-bond donors (Lipinski definition) is 2. The van der Waals surface area contributed by atoms with Crippen LogP contribution in [-0.4, -0.2) is 21.8 Å². The monoisotopic (exact) mass is 312 g/mol. The van der Waals surface area contributed by atoms with E-state index >= 15 is 0 Å². The van der Waals surface area contributed by atoms with E-state index in [2.05, 4.69) is 15.4 Å². The molecule has 0 fully saturated rings. The molecule has 0 bridgehead atoms. The topological polar surface area (TPSA) is 79.8 Å². The third kappa shape index (κ3) is 3.30. The zero-order chi connectivity index (χ0) is 14.7. The van der Waals surface area contributed by atoms with Gasteiger partial charge in [-0.15, -0.1) is 0 Å². The minimum absolute atomic E-state index is 0.397. The van der Waals surface area contributed by atoms with Crippen molar-refractivity contribution in [2.24, 2.45) is 7.05 Å². The number of hydrogen-bond acceptors (Lipinski definition) is 5. The molecule has 0 spiro atoms. The van der Waals surface area contributed by atoms with E-state index < -0.39 is 11.1 Å². The normalized spacial score (nSPS) is 10.8. The van der Waals surface area contributed by atoms with E-state index in [-0.39, 0.29) is 0 Å². The zero-order valence-corrected chi connectivity index (χ0v) is 12.5. The molecule has 1 heterocycles. The molecule has 20 heavy (non-hydrogen) atoms. The number of halogens is 1. The summed E-state index contributed by atoms with van der Waals surface area (Å²) in [6.45, 7) is 0.663. The SMILES string of the molecule is CNCc1ccc(Cl)cc1Sc1nc(=O)c(=O)[nH]n1C. The Kier molecular flexibility index (Phi) is 4.64. The van der Waals surface area contributed by atoms with Crippen molar-refractivity contribution in [3.8, 4) is 0 Å². The molecular formula is C12H13ClN4O2S. The molecule has 0 unspecified atom stereocenters. The zero-order valence-electron chi connectivity index (χ0n) is 10.9. The summed E-state index contributed by atoms with van der Waals surface area (Å²) in [5.41, 5.74) is -0.511. The average Bonchev–Trinajstić information content (AvgIpc) is 2.39. The van der Waals surface area contributed by atoms with E-state index in [0.29, 0.717) is 16.7 Å². The van der Waals surface area contributed by atoms with E-state index in [1.54, 1.807) is 19.2 Å². The summed E-state index contributed by atoms with van der Waals surface area (Å²) in [7, 11) is 3.47. The Labute approximate surface area is 124 Å². The van der Waals surface area contributed by atoms with Gasteiger partial charge in [-0.05, 0) is 36.5 Å². The molecule has 2 aromatic rings. The van der Waals surface area contributed by atoms with Crippen molar-refractivity contribution in [3.63, 3.8) is 0 Å². The second-order valence-electron chi connectivity index (χ2n) is 4.08. The van der Waals surface area contributed by atoms with Crippen molar-refractivity contribution >= 4 is 23.4 Å². The van der Waals surface area contributed by atoms with Gasteiger partial charge in [0.2, 0.25) is 0 Å². The van der Waals surface area contributed by atoms with E-state index in [9.17, 15) is 9.59 Å². The molecule has 0 aliphatic rings. The molecule has 0 aliphatic heterocycles. The van der Waals surface area contributed by atoms with Crippen LogP contribution in [0.25, 0.3) is 0 Å². The lowest BCUT2D eigenvalue weighted by Crippen LogP contribution is -2.33. The molecule has 1 aromatic carbocycles. The maximum Gasteiger partial charge on any atom is 0.339 e. The Morgan fingerprint density at radius 2 is 2.20 bits per heavy atom. The fourth-order valence-electron chi connectivity index (χ4n) is 1.61. The minimum Gasteiger partial charge on any atom is -0.316 e.